The number of ether oxygens (including phenoxy) is 1. The molecule has 0 spiro atoms. The minimum atomic E-state index is -2.24. The number of carbonyl (C=O) groups excluding carboxylic acids is 1. The standard InChI is InChI=1S/C20H20F2N2O4/c1-18(17(23)26)10-28-16-13(18)8-14(20(27,9-25)19(22)6-7-19)24-15(16)11-2-4-12(21)5-3-11/h2-5,8,25,27H,6-7,9-10H2,1H3,(H2,23,26)/t18-,20-/m0/s1. The molecule has 8 heteroatoms. The monoisotopic (exact) mass is 390 g/mol. The average Bonchev–Trinajstić information content (AvgIpc) is 3.34. The van der Waals surface area contributed by atoms with Gasteiger partial charge in [0.2, 0.25) is 5.91 Å². The number of rotatable bonds is 5. The third-order valence-corrected chi connectivity index (χ3v) is 5.82. The van der Waals surface area contributed by atoms with Crippen LogP contribution in [0.3, 0.4) is 0 Å². The molecule has 4 N–H and O–H groups in total. The molecule has 1 saturated carbocycles. The van der Waals surface area contributed by atoms with Gasteiger partial charge in [-0.05, 0) is 50.1 Å². The second-order valence-electron chi connectivity index (χ2n) is 7.71. The molecular weight excluding hydrogens is 370 g/mol. The first-order valence-corrected chi connectivity index (χ1v) is 8.91. The van der Waals surface area contributed by atoms with E-state index in [0.29, 0.717) is 11.1 Å². The zero-order chi connectivity index (χ0) is 20.3. The van der Waals surface area contributed by atoms with E-state index in [9.17, 15) is 23.8 Å². The van der Waals surface area contributed by atoms with Gasteiger partial charge in [0.05, 0.1) is 12.3 Å². The summed E-state index contributed by atoms with van der Waals surface area (Å²) in [5.41, 5.74) is 1.01. The molecule has 1 aliphatic carbocycles. The second-order valence-corrected chi connectivity index (χ2v) is 7.71. The Morgan fingerprint density at radius 3 is 2.54 bits per heavy atom. The largest absolute Gasteiger partial charge is 0.489 e. The molecule has 1 aliphatic heterocycles. The van der Waals surface area contributed by atoms with E-state index in [1.165, 1.54) is 30.3 Å². The average molecular weight is 390 g/mol. The van der Waals surface area contributed by atoms with Crippen LogP contribution in [0, 0.1) is 5.82 Å². The van der Waals surface area contributed by atoms with Crippen molar-refractivity contribution in [1.82, 2.24) is 4.98 Å². The number of nitrogens with two attached hydrogens (primary N) is 1. The lowest BCUT2D eigenvalue weighted by molar-refractivity contribution is -0.123. The number of halogens is 2. The summed E-state index contributed by atoms with van der Waals surface area (Å²) in [4.78, 5) is 16.5. The summed E-state index contributed by atoms with van der Waals surface area (Å²) >= 11 is 0. The van der Waals surface area contributed by atoms with Gasteiger partial charge < -0.3 is 20.7 Å². The van der Waals surface area contributed by atoms with Crippen LogP contribution >= 0.6 is 0 Å². The third kappa shape index (κ3) is 2.51. The Bertz CT molecular complexity index is 961. The number of aliphatic hydroxyl groups is 2. The highest BCUT2D eigenvalue weighted by Gasteiger charge is 2.62. The van der Waals surface area contributed by atoms with Gasteiger partial charge in [-0.3, -0.25) is 4.79 Å². The van der Waals surface area contributed by atoms with E-state index in [4.69, 9.17) is 10.5 Å². The SMILES string of the molecule is C[C@]1(C(N)=O)COc2c1cc([C@@](O)(CO)C1(F)CC1)nc2-c1ccc(F)cc1. The van der Waals surface area contributed by atoms with Crippen LogP contribution in [0.5, 0.6) is 5.75 Å². The Hall–Kier alpha value is -2.58. The van der Waals surface area contributed by atoms with E-state index in [2.05, 4.69) is 4.98 Å². The van der Waals surface area contributed by atoms with Crippen LogP contribution in [0.4, 0.5) is 8.78 Å². The molecule has 28 heavy (non-hydrogen) atoms. The number of amides is 1. The summed E-state index contributed by atoms with van der Waals surface area (Å²) in [6.45, 7) is 0.654. The van der Waals surface area contributed by atoms with Gasteiger partial charge in [-0.1, -0.05) is 0 Å². The van der Waals surface area contributed by atoms with Crippen molar-refractivity contribution >= 4 is 5.91 Å². The number of hydrogen-bond donors (Lipinski definition) is 3. The maximum atomic E-state index is 14.9. The molecular formula is C20H20F2N2O4. The Labute approximate surface area is 160 Å². The quantitative estimate of drug-likeness (QED) is 0.721. The molecule has 6 nitrogen and oxygen atoms in total. The number of primary amides is 1. The Kier molecular flexibility index (Phi) is 3.99. The molecule has 2 aromatic rings. The number of fused-ring (bicyclic) bond motifs is 1. The molecule has 1 fully saturated rings. The minimum absolute atomic E-state index is 0.0463. The second kappa shape index (κ2) is 5.96. The molecule has 0 unspecified atom stereocenters. The van der Waals surface area contributed by atoms with Crippen molar-refractivity contribution in [2.24, 2.45) is 5.73 Å². The maximum Gasteiger partial charge on any atom is 0.231 e. The van der Waals surface area contributed by atoms with Crippen molar-refractivity contribution in [2.45, 2.75) is 36.5 Å². The van der Waals surface area contributed by atoms with E-state index in [1.807, 2.05) is 0 Å². The van der Waals surface area contributed by atoms with E-state index in [-0.39, 0.29) is 36.6 Å². The lowest BCUT2D eigenvalue weighted by Crippen LogP contribution is -2.44. The van der Waals surface area contributed by atoms with Crippen LogP contribution in [0.1, 0.15) is 31.0 Å². The lowest BCUT2D eigenvalue weighted by Gasteiger charge is -2.30. The summed E-state index contributed by atoms with van der Waals surface area (Å²) in [5, 5.41) is 20.7. The van der Waals surface area contributed by atoms with Gasteiger partial charge in [0.15, 0.2) is 5.60 Å². The molecule has 0 bridgehead atoms. The fourth-order valence-corrected chi connectivity index (χ4v) is 3.58. The smallest absolute Gasteiger partial charge is 0.231 e. The number of aliphatic hydroxyl groups excluding tert-OH is 1. The molecule has 0 saturated heterocycles. The molecule has 0 radical (unpaired) electrons. The van der Waals surface area contributed by atoms with Gasteiger partial charge in [-0.25, -0.2) is 13.8 Å². The number of alkyl halides is 1. The van der Waals surface area contributed by atoms with E-state index in [1.54, 1.807) is 6.92 Å². The Balaban J connectivity index is 1.98. The molecule has 4 rings (SSSR count). The summed E-state index contributed by atoms with van der Waals surface area (Å²) in [7, 11) is 0. The number of pyridine rings is 1. The van der Waals surface area contributed by atoms with Gasteiger partial charge >= 0.3 is 0 Å². The first-order valence-electron chi connectivity index (χ1n) is 8.91. The summed E-state index contributed by atoms with van der Waals surface area (Å²) in [6.07, 6.45) is 0.163. The third-order valence-electron chi connectivity index (χ3n) is 5.82. The van der Waals surface area contributed by atoms with E-state index < -0.39 is 35.0 Å². The van der Waals surface area contributed by atoms with Crippen LogP contribution in [0.2, 0.25) is 0 Å². The van der Waals surface area contributed by atoms with Gasteiger partial charge in [0.1, 0.15) is 35.0 Å². The fraction of sp³-hybridized carbons (Fsp3) is 0.400. The van der Waals surface area contributed by atoms with Crippen LogP contribution in [0.15, 0.2) is 30.3 Å². The molecule has 1 aromatic heterocycles. The zero-order valence-electron chi connectivity index (χ0n) is 15.2. The predicted octanol–water partition coefficient (Wildman–Crippen LogP) is 1.71. The molecule has 1 aromatic carbocycles. The van der Waals surface area contributed by atoms with E-state index in [0.717, 1.165) is 0 Å². The molecule has 2 aliphatic rings. The minimum Gasteiger partial charge on any atom is -0.489 e. The van der Waals surface area contributed by atoms with Crippen LogP contribution in [0.25, 0.3) is 11.3 Å². The van der Waals surface area contributed by atoms with Crippen LogP contribution < -0.4 is 10.5 Å². The Morgan fingerprint density at radius 2 is 2.00 bits per heavy atom. The molecule has 2 heterocycles. The Morgan fingerprint density at radius 1 is 1.36 bits per heavy atom. The molecule has 2 atom stereocenters. The summed E-state index contributed by atoms with van der Waals surface area (Å²) in [6, 6.07) is 6.76. The van der Waals surface area contributed by atoms with Crippen molar-refractivity contribution in [3.05, 3.63) is 47.4 Å². The van der Waals surface area contributed by atoms with Crippen molar-refractivity contribution in [1.29, 1.82) is 0 Å². The van der Waals surface area contributed by atoms with Gasteiger partial charge in [-0.2, -0.15) is 0 Å². The topological polar surface area (TPSA) is 106 Å². The number of nitrogens with zero attached hydrogens (tertiary/aromatic N) is 1. The van der Waals surface area contributed by atoms with Crippen molar-refractivity contribution in [2.75, 3.05) is 13.2 Å². The number of hydrogen-bond acceptors (Lipinski definition) is 5. The summed E-state index contributed by atoms with van der Waals surface area (Å²) < 4.78 is 34.0. The van der Waals surface area contributed by atoms with Crippen LogP contribution in [-0.2, 0) is 15.8 Å². The first-order chi connectivity index (χ1) is 13.1. The van der Waals surface area contributed by atoms with Crippen LogP contribution in [-0.4, -0.2) is 40.0 Å². The highest BCUT2D eigenvalue weighted by Crippen LogP contribution is 2.54. The highest BCUT2D eigenvalue weighted by atomic mass is 19.1. The number of carbonyl (C=O) groups is 1. The zero-order valence-corrected chi connectivity index (χ0v) is 15.2. The van der Waals surface area contributed by atoms with Crippen molar-refractivity contribution in [3.8, 4) is 17.0 Å². The normalized spacial score (nSPS) is 24.2. The molecule has 148 valence electrons. The lowest BCUT2D eigenvalue weighted by atomic mass is 9.81. The van der Waals surface area contributed by atoms with Crippen molar-refractivity contribution in [3.63, 3.8) is 0 Å². The van der Waals surface area contributed by atoms with Gasteiger partial charge in [0.25, 0.3) is 0 Å². The number of benzene rings is 1. The fourth-order valence-electron chi connectivity index (χ4n) is 3.58. The highest BCUT2D eigenvalue weighted by molar-refractivity contribution is 5.90. The maximum absolute atomic E-state index is 14.9. The van der Waals surface area contributed by atoms with Crippen molar-refractivity contribution < 1.29 is 28.5 Å². The van der Waals surface area contributed by atoms with Gasteiger partial charge in [0, 0.05) is 11.1 Å². The number of aromatic nitrogens is 1. The van der Waals surface area contributed by atoms with E-state index >= 15 is 0 Å². The van der Waals surface area contributed by atoms with Gasteiger partial charge in [-0.15, -0.1) is 0 Å². The first kappa shape index (κ1) is 18.8. The molecule has 1 amide bonds. The predicted molar refractivity (Wildman–Crippen MR) is 95.7 cm³/mol. The summed E-state index contributed by atoms with van der Waals surface area (Å²) in [5.74, 6) is -0.838.